The molecule has 0 atom stereocenters. The number of phenolic OH excluding ortho intramolecular Hbond substituents is 1. The zero-order valence-electron chi connectivity index (χ0n) is 10.5. The molecule has 1 fully saturated rings. The molecule has 0 amide bonds. The summed E-state index contributed by atoms with van der Waals surface area (Å²) in [4.78, 5) is 2.43. The lowest BCUT2D eigenvalue weighted by molar-refractivity contribution is 0.272. The van der Waals surface area contributed by atoms with Crippen molar-refractivity contribution >= 4 is 0 Å². The van der Waals surface area contributed by atoms with E-state index in [-0.39, 0.29) is 0 Å². The van der Waals surface area contributed by atoms with Crippen molar-refractivity contribution < 1.29 is 9.84 Å². The Bertz CT molecular complexity index is 357. The highest BCUT2D eigenvalue weighted by Crippen LogP contribution is 2.25. The number of hydrogen-bond acceptors (Lipinski definition) is 3. The van der Waals surface area contributed by atoms with E-state index in [2.05, 4.69) is 4.90 Å². The van der Waals surface area contributed by atoms with Crippen LogP contribution in [0.2, 0.25) is 0 Å². The highest BCUT2D eigenvalue weighted by molar-refractivity contribution is 5.39. The maximum atomic E-state index is 9.92. The molecule has 94 valence electrons. The molecule has 1 N–H and O–H groups in total. The van der Waals surface area contributed by atoms with Crippen molar-refractivity contribution in [3.63, 3.8) is 0 Å². The number of rotatable bonds is 3. The van der Waals surface area contributed by atoms with Gasteiger partial charge in [0.1, 0.15) is 11.5 Å². The van der Waals surface area contributed by atoms with Crippen LogP contribution >= 0.6 is 0 Å². The van der Waals surface area contributed by atoms with Crippen molar-refractivity contribution in [1.29, 1.82) is 0 Å². The van der Waals surface area contributed by atoms with Gasteiger partial charge in [-0.1, -0.05) is 18.9 Å². The second-order valence-corrected chi connectivity index (χ2v) is 4.69. The third-order valence-corrected chi connectivity index (χ3v) is 3.39. The standard InChI is InChI=1S/C14H21NO2/c1-17-13-7-6-12(14(16)10-13)11-15-8-4-2-3-5-9-15/h6-7,10,16H,2-5,8-9,11H2,1H3. The third kappa shape index (κ3) is 3.37. The lowest BCUT2D eigenvalue weighted by Gasteiger charge is -2.20. The first kappa shape index (κ1) is 12.2. The third-order valence-electron chi connectivity index (χ3n) is 3.39. The largest absolute Gasteiger partial charge is 0.507 e. The number of phenols is 1. The molecule has 0 aliphatic carbocycles. The fourth-order valence-corrected chi connectivity index (χ4v) is 2.34. The SMILES string of the molecule is COc1ccc(CN2CCCCCC2)c(O)c1. The summed E-state index contributed by atoms with van der Waals surface area (Å²) >= 11 is 0. The molecule has 1 saturated heterocycles. The van der Waals surface area contributed by atoms with E-state index < -0.39 is 0 Å². The van der Waals surface area contributed by atoms with E-state index in [4.69, 9.17) is 4.74 Å². The molecule has 2 rings (SSSR count). The van der Waals surface area contributed by atoms with Gasteiger partial charge in [-0.05, 0) is 32.0 Å². The molecule has 0 saturated carbocycles. The maximum Gasteiger partial charge on any atom is 0.123 e. The van der Waals surface area contributed by atoms with E-state index in [1.54, 1.807) is 13.2 Å². The van der Waals surface area contributed by atoms with Crippen LogP contribution in [0, 0.1) is 0 Å². The van der Waals surface area contributed by atoms with Gasteiger partial charge in [0.15, 0.2) is 0 Å². The number of aromatic hydroxyl groups is 1. The zero-order chi connectivity index (χ0) is 12.1. The lowest BCUT2D eigenvalue weighted by Crippen LogP contribution is -2.23. The summed E-state index contributed by atoms with van der Waals surface area (Å²) in [6.45, 7) is 3.13. The summed E-state index contributed by atoms with van der Waals surface area (Å²) in [7, 11) is 1.61. The minimum absolute atomic E-state index is 0.341. The van der Waals surface area contributed by atoms with Gasteiger partial charge in [-0.15, -0.1) is 0 Å². The molecule has 0 spiro atoms. The monoisotopic (exact) mass is 235 g/mol. The van der Waals surface area contributed by atoms with Crippen LogP contribution in [0.25, 0.3) is 0 Å². The molecular formula is C14H21NO2. The quantitative estimate of drug-likeness (QED) is 0.874. The van der Waals surface area contributed by atoms with Crippen LogP contribution in [-0.4, -0.2) is 30.2 Å². The maximum absolute atomic E-state index is 9.92. The average Bonchev–Trinajstić information content (AvgIpc) is 2.60. The molecule has 3 nitrogen and oxygen atoms in total. The van der Waals surface area contributed by atoms with Crippen molar-refractivity contribution in [3.8, 4) is 11.5 Å². The summed E-state index contributed by atoms with van der Waals surface area (Å²) in [5, 5.41) is 9.92. The highest BCUT2D eigenvalue weighted by Gasteiger charge is 2.11. The molecule has 1 aliphatic rings. The molecule has 1 heterocycles. The molecule has 17 heavy (non-hydrogen) atoms. The number of ether oxygens (including phenoxy) is 1. The van der Waals surface area contributed by atoms with Crippen molar-refractivity contribution in [2.24, 2.45) is 0 Å². The minimum Gasteiger partial charge on any atom is -0.507 e. The van der Waals surface area contributed by atoms with Gasteiger partial charge < -0.3 is 9.84 Å². The number of hydrogen-bond donors (Lipinski definition) is 1. The van der Waals surface area contributed by atoms with Crippen molar-refractivity contribution in [3.05, 3.63) is 23.8 Å². The second kappa shape index (κ2) is 5.92. The Morgan fingerprint density at radius 3 is 2.47 bits per heavy atom. The van der Waals surface area contributed by atoms with Crippen LogP contribution in [-0.2, 0) is 6.54 Å². The smallest absolute Gasteiger partial charge is 0.123 e. The molecule has 1 aliphatic heterocycles. The van der Waals surface area contributed by atoms with Crippen LogP contribution in [0.4, 0.5) is 0 Å². The van der Waals surface area contributed by atoms with Gasteiger partial charge >= 0.3 is 0 Å². The molecule has 0 radical (unpaired) electrons. The Labute approximate surface area is 103 Å². The van der Waals surface area contributed by atoms with Crippen LogP contribution in [0.15, 0.2) is 18.2 Å². The Kier molecular flexibility index (Phi) is 4.26. The van der Waals surface area contributed by atoms with Crippen molar-refractivity contribution in [1.82, 2.24) is 4.90 Å². The van der Waals surface area contributed by atoms with Gasteiger partial charge in [0.2, 0.25) is 0 Å². The molecule has 1 aromatic carbocycles. The predicted molar refractivity (Wildman–Crippen MR) is 68.4 cm³/mol. The number of nitrogens with zero attached hydrogens (tertiary/aromatic N) is 1. The van der Waals surface area contributed by atoms with E-state index in [9.17, 15) is 5.11 Å². The van der Waals surface area contributed by atoms with E-state index >= 15 is 0 Å². The number of benzene rings is 1. The molecule has 0 unspecified atom stereocenters. The summed E-state index contributed by atoms with van der Waals surface area (Å²) < 4.78 is 5.09. The van der Waals surface area contributed by atoms with Gasteiger partial charge in [0.05, 0.1) is 7.11 Å². The van der Waals surface area contributed by atoms with E-state index in [1.807, 2.05) is 12.1 Å². The van der Waals surface area contributed by atoms with E-state index in [0.717, 1.165) is 25.2 Å². The van der Waals surface area contributed by atoms with Crippen molar-refractivity contribution in [2.45, 2.75) is 32.2 Å². The van der Waals surface area contributed by atoms with Crippen LogP contribution < -0.4 is 4.74 Å². The topological polar surface area (TPSA) is 32.7 Å². The summed E-state index contributed by atoms with van der Waals surface area (Å²) in [6, 6.07) is 5.55. The fraction of sp³-hybridized carbons (Fsp3) is 0.571. The zero-order valence-corrected chi connectivity index (χ0v) is 10.5. The first-order chi connectivity index (χ1) is 8.29. The normalized spacial score (nSPS) is 17.7. The van der Waals surface area contributed by atoms with Gasteiger partial charge in [0.25, 0.3) is 0 Å². The highest BCUT2D eigenvalue weighted by atomic mass is 16.5. The van der Waals surface area contributed by atoms with Gasteiger partial charge in [-0.25, -0.2) is 0 Å². The predicted octanol–water partition coefficient (Wildman–Crippen LogP) is 2.78. The number of likely N-dealkylation sites (tertiary alicyclic amines) is 1. The van der Waals surface area contributed by atoms with Crippen LogP contribution in [0.1, 0.15) is 31.2 Å². The van der Waals surface area contributed by atoms with Crippen LogP contribution in [0.3, 0.4) is 0 Å². The molecule has 0 aromatic heterocycles. The second-order valence-electron chi connectivity index (χ2n) is 4.69. The fourth-order valence-electron chi connectivity index (χ4n) is 2.34. The molecular weight excluding hydrogens is 214 g/mol. The Morgan fingerprint density at radius 1 is 1.18 bits per heavy atom. The minimum atomic E-state index is 0.341. The first-order valence-electron chi connectivity index (χ1n) is 6.38. The molecule has 1 aromatic rings. The number of methoxy groups -OCH3 is 1. The lowest BCUT2D eigenvalue weighted by atomic mass is 10.1. The summed E-state index contributed by atoms with van der Waals surface area (Å²) in [6.07, 6.45) is 5.23. The Hall–Kier alpha value is -1.22. The first-order valence-corrected chi connectivity index (χ1v) is 6.38. The molecule has 0 bridgehead atoms. The van der Waals surface area contributed by atoms with Crippen molar-refractivity contribution in [2.75, 3.05) is 20.2 Å². The summed E-state index contributed by atoms with van der Waals surface area (Å²) in [5.41, 5.74) is 0.993. The van der Waals surface area contributed by atoms with Gasteiger partial charge in [-0.3, -0.25) is 4.90 Å². The summed E-state index contributed by atoms with van der Waals surface area (Å²) in [5.74, 6) is 1.05. The Balaban J connectivity index is 2.01. The van der Waals surface area contributed by atoms with E-state index in [0.29, 0.717) is 11.5 Å². The Morgan fingerprint density at radius 2 is 1.88 bits per heavy atom. The van der Waals surface area contributed by atoms with Crippen LogP contribution in [0.5, 0.6) is 11.5 Å². The average molecular weight is 235 g/mol. The van der Waals surface area contributed by atoms with E-state index in [1.165, 1.54) is 25.7 Å². The van der Waals surface area contributed by atoms with Gasteiger partial charge in [0, 0.05) is 18.2 Å². The van der Waals surface area contributed by atoms with Gasteiger partial charge in [-0.2, -0.15) is 0 Å². The molecule has 3 heteroatoms.